The van der Waals surface area contributed by atoms with Crippen LogP contribution in [-0.2, 0) is 6.42 Å². The lowest BCUT2D eigenvalue weighted by atomic mass is 10.0. The second-order valence-electron chi connectivity index (χ2n) is 4.63. The Hall–Kier alpha value is -0.900. The summed E-state index contributed by atoms with van der Waals surface area (Å²) in [6, 6.07) is 1.02. The van der Waals surface area contributed by atoms with Gasteiger partial charge in [0.2, 0.25) is 0 Å². The summed E-state index contributed by atoms with van der Waals surface area (Å²) in [5.41, 5.74) is 1.11. The molecule has 1 unspecified atom stereocenters. The first-order chi connectivity index (χ1) is 7.25. The van der Waals surface area contributed by atoms with Crippen LogP contribution in [0.3, 0.4) is 0 Å². The molecular formula is C11H20N4. The van der Waals surface area contributed by atoms with Gasteiger partial charge < -0.3 is 5.32 Å². The van der Waals surface area contributed by atoms with E-state index in [1.165, 1.54) is 19.3 Å². The van der Waals surface area contributed by atoms with E-state index in [1.807, 2.05) is 4.68 Å². The fourth-order valence-corrected chi connectivity index (χ4v) is 2.01. The number of hydrogen-bond donors (Lipinski definition) is 1. The predicted octanol–water partition coefficient (Wildman–Crippen LogP) is 1.54. The highest BCUT2D eigenvalue weighted by Gasteiger charge is 2.14. The lowest BCUT2D eigenvalue weighted by Gasteiger charge is -2.22. The van der Waals surface area contributed by atoms with Crippen LogP contribution in [0.5, 0.6) is 0 Å². The average Bonchev–Trinajstić information content (AvgIpc) is 2.68. The fourth-order valence-electron chi connectivity index (χ4n) is 2.01. The maximum Gasteiger partial charge on any atom is 0.0842 e. The van der Waals surface area contributed by atoms with Gasteiger partial charge in [-0.1, -0.05) is 11.6 Å². The Morgan fingerprint density at radius 1 is 1.53 bits per heavy atom. The number of nitrogens with one attached hydrogen (secondary N) is 1. The lowest BCUT2D eigenvalue weighted by Crippen LogP contribution is -2.35. The maximum absolute atomic E-state index is 4.20. The summed E-state index contributed by atoms with van der Waals surface area (Å²) in [7, 11) is 0. The zero-order valence-corrected chi connectivity index (χ0v) is 9.61. The zero-order valence-electron chi connectivity index (χ0n) is 9.61. The van der Waals surface area contributed by atoms with E-state index in [4.69, 9.17) is 0 Å². The molecule has 0 aliphatic carbocycles. The first-order valence-corrected chi connectivity index (χ1v) is 5.90. The highest BCUT2D eigenvalue weighted by Crippen LogP contribution is 2.12. The monoisotopic (exact) mass is 208 g/mol. The summed E-state index contributed by atoms with van der Waals surface area (Å²) in [5, 5.41) is 11.9. The van der Waals surface area contributed by atoms with Gasteiger partial charge in [0.25, 0.3) is 0 Å². The van der Waals surface area contributed by atoms with Crippen molar-refractivity contribution in [2.75, 3.05) is 6.54 Å². The minimum absolute atomic E-state index is 0.408. The highest BCUT2D eigenvalue weighted by atomic mass is 15.4. The van der Waals surface area contributed by atoms with Crippen molar-refractivity contribution in [3.63, 3.8) is 0 Å². The maximum atomic E-state index is 4.20. The van der Waals surface area contributed by atoms with Gasteiger partial charge in [0, 0.05) is 24.7 Å². The number of nitrogens with zero attached hydrogens (tertiary/aromatic N) is 3. The first-order valence-electron chi connectivity index (χ1n) is 5.90. The molecule has 2 rings (SSSR count). The lowest BCUT2D eigenvalue weighted by molar-refractivity contribution is 0.397. The molecule has 0 spiro atoms. The van der Waals surface area contributed by atoms with Crippen LogP contribution in [0.4, 0.5) is 0 Å². The smallest absolute Gasteiger partial charge is 0.0842 e. The molecule has 1 aliphatic rings. The molecule has 1 aromatic rings. The second-order valence-corrected chi connectivity index (χ2v) is 4.63. The molecule has 4 nitrogen and oxygen atoms in total. The topological polar surface area (TPSA) is 42.7 Å². The summed E-state index contributed by atoms with van der Waals surface area (Å²) >= 11 is 0. The standard InChI is InChI=1S/C11H20N4/c1-9(2)15-8-11(13-14-15)7-10-5-3-4-6-12-10/h8-10,12H,3-7H2,1-2H3. The van der Waals surface area contributed by atoms with Crippen LogP contribution in [0.25, 0.3) is 0 Å². The van der Waals surface area contributed by atoms with Gasteiger partial charge in [0.1, 0.15) is 0 Å². The van der Waals surface area contributed by atoms with Crippen molar-refractivity contribution in [1.29, 1.82) is 0 Å². The molecule has 84 valence electrons. The molecule has 0 saturated carbocycles. The van der Waals surface area contributed by atoms with Gasteiger partial charge in [-0.25, -0.2) is 4.68 Å². The Bertz CT molecular complexity index is 299. The van der Waals surface area contributed by atoms with E-state index in [9.17, 15) is 0 Å². The summed E-state index contributed by atoms with van der Waals surface area (Å²) in [4.78, 5) is 0. The highest BCUT2D eigenvalue weighted by molar-refractivity contribution is 4.97. The van der Waals surface area contributed by atoms with Crippen LogP contribution in [0.15, 0.2) is 6.20 Å². The van der Waals surface area contributed by atoms with Gasteiger partial charge in [-0.3, -0.25) is 0 Å². The molecule has 0 aromatic carbocycles. The summed E-state index contributed by atoms with van der Waals surface area (Å²) in [6.07, 6.45) is 7.02. The molecule has 0 radical (unpaired) electrons. The van der Waals surface area contributed by atoms with E-state index in [0.717, 1.165) is 18.7 Å². The molecule has 1 aromatic heterocycles. The van der Waals surface area contributed by atoms with Crippen LogP contribution in [0.1, 0.15) is 44.8 Å². The van der Waals surface area contributed by atoms with Gasteiger partial charge in [-0.15, -0.1) is 5.10 Å². The third-order valence-electron chi connectivity index (χ3n) is 2.95. The van der Waals surface area contributed by atoms with E-state index in [0.29, 0.717) is 12.1 Å². The van der Waals surface area contributed by atoms with Crippen molar-refractivity contribution >= 4 is 0 Å². The van der Waals surface area contributed by atoms with Crippen molar-refractivity contribution in [1.82, 2.24) is 20.3 Å². The Kier molecular flexibility index (Phi) is 3.36. The van der Waals surface area contributed by atoms with E-state index < -0.39 is 0 Å². The first kappa shape index (κ1) is 10.6. The predicted molar refractivity (Wildman–Crippen MR) is 59.8 cm³/mol. The molecule has 4 heteroatoms. The SMILES string of the molecule is CC(C)n1cc(CC2CCCCN2)nn1. The van der Waals surface area contributed by atoms with Crippen LogP contribution >= 0.6 is 0 Å². The van der Waals surface area contributed by atoms with Crippen LogP contribution in [0, 0.1) is 0 Å². The number of rotatable bonds is 3. The van der Waals surface area contributed by atoms with Crippen molar-refractivity contribution in [3.8, 4) is 0 Å². The molecule has 1 aliphatic heterocycles. The Morgan fingerprint density at radius 2 is 2.40 bits per heavy atom. The largest absolute Gasteiger partial charge is 0.314 e. The molecule has 2 heterocycles. The molecular weight excluding hydrogens is 188 g/mol. The molecule has 1 atom stereocenters. The van der Waals surface area contributed by atoms with Gasteiger partial charge in [0.05, 0.1) is 5.69 Å². The van der Waals surface area contributed by atoms with Crippen LogP contribution < -0.4 is 5.32 Å². The van der Waals surface area contributed by atoms with Crippen LogP contribution in [-0.4, -0.2) is 27.6 Å². The summed E-state index contributed by atoms with van der Waals surface area (Å²) in [5.74, 6) is 0. The molecule has 1 N–H and O–H groups in total. The van der Waals surface area contributed by atoms with Gasteiger partial charge in [-0.2, -0.15) is 0 Å². The zero-order chi connectivity index (χ0) is 10.7. The van der Waals surface area contributed by atoms with E-state index >= 15 is 0 Å². The van der Waals surface area contributed by atoms with Gasteiger partial charge >= 0.3 is 0 Å². The second kappa shape index (κ2) is 4.75. The van der Waals surface area contributed by atoms with Crippen molar-refractivity contribution in [2.24, 2.45) is 0 Å². The van der Waals surface area contributed by atoms with E-state index in [1.54, 1.807) is 0 Å². The van der Waals surface area contributed by atoms with Gasteiger partial charge in [-0.05, 0) is 33.2 Å². The van der Waals surface area contributed by atoms with Crippen LogP contribution in [0.2, 0.25) is 0 Å². The Labute approximate surface area is 91.1 Å². The number of aromatic nitrogens is 3. The molecule has 1 fully saturated rings. The summed E-state index contributed by atoms with van der Waals surface area (Å²) < 4.78 is 1.93. The Balaban J connectivity index is 1.91. The minimum atomic E-state index is 0.408. The normalized spacial score (nSPS) is 22.2. The van der Waals surface area contributed by atoms with E-state index in [2.05, 4.69) is 35.7 Å². The third-order valence-corrected chi connectivity index (χ3v) is 2.95. The van der Waals surface area contributed by atoms with Gasteiger partial charge in [0.15, 0.2) is 0 Å². The van der Waals surface area contributed by atoms with Crippen molar-refractivity contribution in [3.05, 3.63) is 11.9 Å². The third kappa shape index (κ3) is 2.78. The van der Waals surface area contributed by atoms with Crippen molar-refractivity contribution < 1.29 is 0 Å². The minimum Gasteiger partial charge on any atom is -0.314 e. The Morgan fingerprint density at radius 3 is 3.00 bits per heavy atom. The fraction of sp³-hybridized carbons (Fsp3) is 0.818. The molecule has 15 heavy (non-hydrogen) atoms. The van der Waals surface area contributed by atoms with E-state index in [-0.39, 0.29) is 0 Å². The number of hydrogen-bond acceptors (Lipinski definition) is 3. The number of piperidine rings is 1. The molecule has 1 saturated heterocycles. The quantitative estimate of drug-likeness (QED) is 0.819. The average molecular weight is 208 g/mol. The molecule has 0 bridgehead atoms. The summed E-state index contributed by atoms with van der Waals surface area (Å²) in [6.45, 7) is 5.40. The van der Waals surface area contributed by atoms with Crippen molar-refractivity contribution in [2.45, 2.75) is 51.6 Å². The molecule has 0 amide bonds.